The Hall–Kier alpha value is -1.84. The molecule has 1 aromatic heterocycles. The van der Waals surface area contributed by atoms with Crippen LogP contribution in [0.15, 0.2) is 49.5 Å². The van der Waals surface area contributed by atoms with Crippen molar-refractivity contribution in [1.29, 1.82) is 5.26 Å². The van der Waals surface area contributed by atoms with Gasteiger partial charge in [0.15, 0.2) is 4.67 Å². The summed E-state index contributed by atoms with van der Waals surface area (Å²) in [6.45, 7) is 2.06. The van der Waals surface area contributed by atoms with Crippen LogP contribution < -0.4 is 5.32 Å². The number of anilines is 1. The number of carbonyl (C=O) groups excluding carboxylic acids is 1. The molecule has 4 nitrogen and oxygen atoms in total. The van der Waals surface area contributed by atoms with E-state index in [1.807, 2.05) is 30.3 Å². The van der Waals surface area contributed by atoms with Crippen molar-refractivity contribution in [2.45, 2.75) is 13.3 Å². The van der Waals surface area contributed by atoms with Gasteiger partial charge in [0.2, 0.25) is 0 Å². The zero-order chi connectivity index (χ0) is 16.1. The van der Waals surface area contributed by atoms with Gasteiger partial charge in [-0.15, -0.1) is 0 Å². The number of rotatable bonds is 4. The second-order valence-corrected chi connectivity index (χ2v) is 6.02. The number of nitrogens with zero attached hydrogens (tertiary/aromatic N) is 1. The van der Waals surface area contributed by atoms with Crippen LogP contribution in [0.5, 0.6) is 0 Å². The normalized spacial score (nSPS) is 11.1. The number of halogens is 2. The standard InChI is InChI=1S/C16H12Br2N2O2/c1-2-10-3-5-12(6-4-10)20-16(21)11(9-19)7-13-8-14(17)15(18)22-13/h3-8H,2H2,1H3,(H,20,21)/b11-7-. The van der Waals surface area contributed by atoms with Gasteiger partial charge in [-0.2, -0.15) is 5.26 Å². The van der Waals surface area contributed by atoms with Crippen LogP contribution in [-0.2, 0) is 11.2 Å². The van der Waals surface area contributed by atoms with Crippen LogP contribution >= 0.6 is 31.9 Å². The van der Waals surface area contributed by atoms with Crippen molar-refractivity contribution in [3.8, 4) is 6.07 Å². The molecule has 0 saturated heterocycles. The summed E-state index contributed by atoms with van der Waals surface area (Å²) in [6, 6.07) is 11.0. The van der Waals surface area contributed by atoms with Crippen molar-refractivity contribution < 1.29 is 9.21 Å². The lowest BCUT2D eigenvalue weighted by molar-refractivity contribution is -0.112. The molecule has 0 fully saturated rings. The highest BCUT2D eigenvalue weighted by molar-refractivity contribution is 9.13. The van der Waals surface area contributed by atoms with Crippen molar-refractivity contribution in [2.24, 2.45) is 0 Å². The van der Waals surface area contributed by atoms with E-state index in [9.17, 15) is 4.79 Å². The van der Waals surface area contributed by atoms with Crippen LogP contribution in [0.1, 0.15) is 18.2 Å². The molecule has 1 heterocycles. The number of amides is 1. The van der Waals surface area contributed by atoms with Crippen molar-refractivity contribution in [3.05, 3.63) is 56.4 Å². The van der Waals surface area contributed by atoms with E-state index in [0.717, 1.165) is 6.42 Å². The van der Waals surface area contributed by atoms with Crippen LogP contribution in [0.2, 0.25) is 0 Å². The van der Waals surface area contributed by atoms with E-state index in [4.69, 9.17) is 9.68 Å². The predicted molar refractivity (Wildman–Crippen MR) is 92.1 cm³/mol. The van der Waals surface area contributed by atoms with Gasteiger partial charge in [-0.3, -0.25) is 4.79 Å². The third-order valence-corrected chi connectivity index (χ3v) is 4.65. The average Bonchev–Trinajstić information content (AvgIpc) is 2.83. The highest BCUT2D eigenvalue weighted by Gasteiger charge is 2.12. The maximum atomic E-state index is 12.1. The zero-order valence-electron chi connectivity index (χ0n) is 11.7. The van der Waals surface area contributed by atoms with Gasteiger partial charge in [-0.1, -0.05) is 19.1 Å². The molecule has 2 aromatic rings. The van der Waals surface area contributed by atoms with Crippen LogP contribution in [0, 0.1) is 11.3 Å². The lowest BCUT2D eigenvalue weighted by Gasteiger charge is -2.04. The molecule has 0 radical (unpaired) electrons. The fourth-order valence-electron chi connectivity index (χ4n) is 1.75. The SMILES string of the molecule is CCc1ccc(NC(=O)/C(C#N)=C\c2cc(Br)c(Br)o2)cc1. The molecule has 0 aliphatic rings. The number of carbonyl (C=O) groups is 1. The lowest BCUT2D eigenvalue weighted by atomic mass is 10.1. The van der Waals surface area contributed by atoms with Crippen LogP contribution in [-0.4, -0.2) is 5.91 Å². The molecule has 1 amide bonds. The minimum Gasteiger partial charge on any atom is -0.449 e. The van der Waals surface area contributed by atoms with E-state index in [-0.39, 0.29) is 5.57 Å². The fourth-order valence-corrected chi connectivity index (χ4v) is 2.36. The Bertz CT molecular complexity index is 736. The van der Waals surface area contributed by atoms with E-state index in [1.54, 1.807) is 6.07 Å². The molecular weight excluding hydrogens is 412 g/mol. The molecule has 0 aliphatic carbocycles. The predicted octanol–water partition coefficient (Wildman–Crippen LogP) is 4.91. The Balaban J connectivity index is 2.16. The molecular formula is C16H12Br2N2O2. The summed E-state index contributed by atoms with van der Waals surface area (Å²) in [5.74, 6) is -0.0674. The van der Waals surface area contributed by atoms with Crippen molar-refractivity contribution >= 4 is 49.5 Å². The maximum Gasteiger partial charge on any atom is 0.266 e. The summed E-state index contributed by atoms with van der Waals surface area (Å²) in [7, 11) is 0. The highest BCUT2D eigenvalue weighted by atomic mass is 79.9. The second-order valence-electron chi connectivity index (χ2n) is 4.44. The third kappa shape index (κ3) is 4.09. The van der Waals surface area contributed by atoms with E-state index in [0.29, 0.717) is 20.6 Å². The van der Waals surface area contributed by atoms with Crippen LogP contribution in [0.25, 0.3) is 6.08 Å². The minimum atomic E-state index is -0.476. The summed E-state index contributed by atoms with van der Waals surface area (Å²) in [5, 5.41) is 11.8. The number of hydrogen-bond acceptors (Lipinski definition) is 3. The number of benzene rings is 1. The van der Waals surface area contributed by atoms with Gasteiger partial charge in [0.05, 0.1) is 4.47 Å². The first-order valence-corrected chi connectivity index (χ1v) is 8.09. The molecule has 22 heavy (non-hydrogen) atoms. The molecule has 1 aromatic carbocycles. The van der Waals surface area contributed by atoms with Gasteiger partial charge < -0.3 is 9.73 Å². The smallest absolute Gasteiger partial charge is 0.266 e. The van der Waals surface area contributed by atoms with Crippen molar-refractivity contribution in [1.82, 2.24) is 0 Å². The van der Waals surface area contributed by atoms with Gasteiger partial charge in [-0.25, -0.2) is 0 Å². The van der Waals surface area contributed by atoms with Gasteiger partial charge >= 0.3 is 0 Å². The zero-order valence-corrected chi connectivity index (χ0v) is 14.9. The number of hydrogen-bond donors (Lipinski definition) is 1. The molecule has 0 unspecified atom stereocenters. The number of nitrogens with one attached hydrogen (secondary N) is 1. The van der Waals surface area contributed by atoms with Gasteiger partial charge in [0.25, 0.3) is 5.91 Å². The summed E-state index contributed by atoms with van der Waals surface area (Å²) >= 11 is 6.48. The molecule has 2 rings (SSSR count). The summed E-state index contributed by atoms with van der Waals surface area (Å²) in [6.07, 6.45) is 2.32. The van der Waals surface area contributed by atoms with Crippen LogP contribution in [0.3, 0.4) is 0 Å². The molecule has 112 valence electrons. The quantitative estimate of drug-likeness (QED) is 0.561. The molecule has 0 bridgehead atoms. The van der Waals surface area contributed by atoms with Crippen molar-refractivity contribution in [3.63, 3.8) is 0 Å². The third-order valence-electron chi connectivity index (χ3n) is 2.94. The molecule has 0 saturated carbocycles. The Kier molecular flexibility index (Phi) is 5.58. The Morgan fingerprint density at radius 3 is 2.55 bits per heavy atom. The fraction of sp³-hybridized carbons (Fsp3) is 0.125. The summed E-state index contributed by atoms with van der Waals surface area (Å²) < 4.78 is 6.56. The minimum absolute atomic E-state index is 0.0340. The summed E-state index contributed by atoms with van der Waals surface area (Å²) in [5.41, 5.74) is 1.79. The average molecular weight is 424 g/mol. The Morgan fingerprint density at radius 2 is 2.05 bits per heavy atom. The van der Waals surface area contributed by atoms with Crippen molar-refractivity contribution in [2.75, 3.05) is 5.32 Å². The highest BCUT2D eigenvalue weighted by Crippen LogP contribution is 2.28. The van der Waals surface area contributed by atoms with E-state index in [2.05, 4.69) is 44.1 Å². The topological polar surface area (TPSA) is 66.0 Å². The van der Waals surface area contributed by atoms with Gasteiger partial charge in [-0.05, 0) is 62.0 Å². The Morgan fingerprint density at radius 1 is 1.36 bits per heavy atom. The molecule has 0 aliphatic heterocycles. The number of aryl methyl sites for hydroxylation is 1. The number of nitriles is 1. The molecule has 1 N–H and O–H groups in total. The van der Waals surface area contributed by atoms with E-state index < -0.39 is 5.91 Å². The van der Waals surface area contributed by atoms with Gasteiger partial charge in [0, 0.05) is 11.8 Å². The monoisotopic (exact) mass is 422 g/mol. The molecule has 6 heteroatoms. The Labute approximate surface area is 145 Å². The molecule has 0 spiro atoms. The van der Waals surface area contributed by atoms with E-state index >= 15 is 0 Å². The van der Waals surface area contributed by atoms with E-state index in [1.165, 1.54) is 11.6 Å². The first-order chi connectivity index (χ1) is 10.5. The maximum absolute atomic E-state index is 12.1. The first kappa shape index (κ1) is 16.5. The van der Waals surface area contributed by atoms with Crippen LogP contribution in [0.4, 0.5) is 5.69 Å². The lowest BCUT2D eigenvalue weighted by Crippen LogP contribution is -2.13. The second kappa shape index (κ2) is 7.43. The largest absolute Gasteiger partial charge is 0.449 e. The van der Waals surface area contributed by atoms with Gasteiger partial charge in [0.1, 0.15) is 17.4 Å². The summed E-state index contributed by atoms with van der Waals surface area (Å²) in [4.78, 5) is 12.1. The first-order valence-electron chi connectivity index (χ1n) is 6.50. The molecule has 0 atom stereocenters. The number of furan rings is 1.